The first kappa shape index (κ1) is 8.14. The van der Waals surface area contributed by atoms with Crippen LogP contribution < -0.4 is 0 Å². The molecule has 21 heavy (non-hydrogen) atoms. The van der Waals surface area contributed by atoms with Crippen LogP contribution in [0.3, 0.4) is 0 Å². The molecule has 0 aliphatic rings. The van der Waals surface area contributed by atoms with Gasteiger partial charge in [0.2, 0.25) is 0 Å². The van der Waals surface area contributed by atoms with Crippen LogP contribution in [0.1, 0.15) is 24.9 Å². The molecule has 104 valence electrons. The summed E-state index contributed by atoms with van der Waals surface area (Å²) in [7, 11) is 0. The van der Waals surface area contributed by atoms with Crippen molar-refractivity contribution >= 4 is 0 Å². The molecule has 1 nitrogen and oxygen atoms in total. The van der Waals surface area contributed by atoms with Crippen molar-refractivity contribution in [2.75, 3.05) is 0 Å². The predicted octanol–water partition coefficient (Wildman–Crippen LogP) is 5.34. The Kier molecular flexibility index (Phi) is 2.14. The number of aromatic nitrogens is 1. The van der Waals surface area contributed by atoms with Gasteiger partial charge >= 0.3 is 0 Å². The molecule has 0 aliphatic carbocycles. The minimum absolute atomic E-state index is 0.172. The lowest BCUT2D eigenvalue weighted by Gasteiger charge is -2.12. The third-order valence-electron chi connectivity index (χ3n) is 3.49. The number of pyridine rings is 1. The normalized spacial score (nSPS) is 16.0. The van der Waals surface area contributed by atoms with Crippen molar-refractivity contribution in [3.05, 3.63) is 77.5 Å². The molecule has 0 spiro atoms. The summed E-state index contributed by atoms with van der Waals surface area (Å²) >= 11 is 0. The fourth-order valence-electron chi connectivity index (χ4n) is 2.39. The van der Waals surface area contributed by atoms with Gasteiger partial charge in [0.15, 0.2) is 0 Å². The summed E-state index contributed by atoms with van der Waals surface area (Å²) in [6.45, 7) is -2.62. The molecular formula is C20H19N. The van der Waals surface area contributed by atoms with Crippen LogP contribution in [-0.4, -0.2) is 4.98 Å². The van der Waals surface area contributed by atoms with E-state index < -0.39 is 13.7 Å². The Bertz CT molecular complexity index is 941. The molecular weight excluding hydrogens is 254 g/mol. The van der Waals surface area contributed by atoms with E-state index in [1.54, 1.807) is 12.1 Å². The van der Waals surface area contributed by atoms with Crippen molar-refractivity contribution in [3.63, 3.8) is 0 Å². The number of benzene rings is 2. The fourth-order valence-corrected chi connectivity index (χ4v) is 2.39. The van der Waals surface area contributed by atoms with Gasteiger partial charge in [-0.3, -0.25) is 4.98 Å². The Balaban J connectivity index is 2.18. The first-order chi connectivity index (χ1) is 12.6. The van der Waals surface area contributed by atoms with E-state index in [4.69, 9.17) is 8.22 Å². The lowest BCUT2D eigenvalue weighted by molar-refractivity contribution is 1.25. The van der Waals surface area contributed by atoms with Crippen molar-refractivity contribution in [3.8, 4) is 22.4 Å². The van der Waals surface area contributed by atoms with Crippen LogP contribution >= 0.6 is 0 Å². The van der Waals surface area contributed by atoms with Crippen LogP contribution in [0.15, 0.2) is 60.8 Å². The van der Waals surface area contributed by atoms with Gasteiger partial charge in [0, 0.05) is 20.0 Å². The van der Waals surface area contributed by atoms with Crippen molar-refractivity contribution < 1.29 is 8.22 Å². The Morgan fingerprint density at radius 3 is 2.38 bits per heavy atom. The summed E-state index contributed by atoms with van der Waals surface area (Å²) in [6.07, 6.45) is 1.35. The molecule has 2 aromatic carbocycles. The van der Waals surface area contributed by atoms with Gasteiger partial charge in [-0.1, -0.05) is 42.5 Å². The Morgan fingerprint density at radius 2 is 1.71 bits per heavy atom. The van der Waals surface area contributed by atoms with Crippen LogP contribution in [0.4, 0.5) is 0 Å². The topological polar surface area (TPSA) is 12.9 Å². The summed E-state index contributed by atoms with van der Waals surface area (Å²) in [4.78, 5) is 4.30. The van der Waals surface area contributed by atoms with Gasteiger partial charge in [-0.2, -0.15) is 0 Å². The number of hydrogen-bond acceptors (Lipinski definition) is 1. The maximum atomic E-state index is 7.89. The third-order valence-corrected chi connectivity index (χ3v) is 3.49. The second-order valence-corrected chi connectivity index (χ2v) is 5.01. The lowest BCUT2D eigenvalue weighted by Crippen LogP contribution is -1.92. The summed E-state index contributed by atoms with van der Waals surface area (Å²) in [5, 5.41) is 0. The molecule has 0 aliphatic heterocycles. The van der Waals surface area contributed by atoms with E-state index in [9.17, 15) is 0 Å². The second-order valence-electron chi connectivity index (χ2n) is 5.01. The highest BCUT2D eigenvalue weighted by molar-refractivity contribution is 5.76. The van der Waals surface area contributed by atoms with Crippen LogP contribution in [0.2, 0.25) is 0 Å². The van der Waals surface area contributed by atoms with E-state index in [1.165, 1.54) is 12.3 Å². The van der Waals surface area contributed by atoms with Gasteiger partial charge in [0.05, 0.1) is 5.69 Å². The molecule has 0 atom stereocenters. The maximum absolute atomic E-state index is 7.89. The second kappa shape index (κ2) is 5.53. The molecule has 0 fully saturated rings. The van der Waals surface area contributed by atoms with Gasteiger partial charge < -0.3 is 0 Å². The van der Waals surface area contributed by atoms with Gasteiger partial charge in [-0.15, -0.1) is 0 Å². The minimum atomic E-state index is -2.24. The van der Waals surface area contributed by atoms with Gasteiger partial charge in [-0.05, 0) is 60.6 Å². The number of aryl methyl sites for hydroxylation is 3. The average Bonchev–Trinajstić information content (AvgIpc) is 2.61. The Labute approximate surface area is 134 Å². The standard InChI is InChI=1S/C20H19N/c1-14-9-10-20(21-13-14)19-12-18(15(2)11-16(19)3)17-7-5-4-6-8-17/h4-13H,1-3H3/i1D3,2D3. The zero-order valence-electron chi connectivity index (χ0n) is 17.7. The molecule has 0 N–H and O–H groups in total. The van der Waals surface area contributed by atoms with Crippen molar-refractivity contribution in [2.45, 2.75) is 20.6 Å². The molecule has 0 saturated carbocycles. The zero-order chi connectivity index (χ0) is 19.8. The van der Waals surface area contributed by atoms with Crippen molar-refractivity contribution in [2.24, 2.45) is 0 Å². The summed E-state index contributed by atoms with van der Waals surface area (Å²) in [6, 6.07) is 16.0. The predicted molar refractivity (Wildman–Crippen MR) is 89.3 cm³/mol. The number of hydrogen-bond donors (Lipinski definition) is 0. The maximum Gasteiger partial charge on any atom is 0.0705 e. The first-order valence-corrected chi connectivity index (χ1v) is 6.75. The van der Waals surface area contributed by atoms with E-state index in [-0.39, 0.29) is 11.1 Å². The highest BCUT2D eigenvalue weighted by Gasteiger charge is 2.09. The largest absolute Gasteiger partial charge is 0.256 e. The molecule has 1 heteroatoms. The zero-order valence-corrected chi connectivity index (χ0v) is 11.7. The number of nitrogens with zero attached hydrogens (tertiary/aromatic N) is 1. The van der Waals surface area contributed by atoms with Crippen LogP contribution in [0.25, 0.3) is 22.4 Å². The molecule has 1 aromatic heterocycles. The summed E-state index contributed by atoms with van der Waals surface area (Å²) < 4.78 is 46.1. The highest BCUT2D eigenvalue weighted by atomic mass is 14.7. The van der Waals surface area contributed by atoms with E-state index in [1.807, 2.05) is 43.3 Å². The molecule has 3 aromatic rings. The molecule has 0 saturated heterocycles. The lowest BCUT2D eigenvalue weighted by atomic mass is 9.93. The molecule has 0 amide bonds. The smallest absolute Gasteiger partial charge is 0.0705 e. The van der Waals surface area contributed by atoms with Crippen LogP contribution in [0.5, 0.6) is 0 Å². The molecule has 0 radical (unpaired) electrons. The third kappa shape index (κ3) is 2.73. The van der Waals surface area contributed by atoms with E-state index in [0.717, 1.165) is 16.7 Å². The van der Waals surface area contributed by atoms with Gasteiger partial charge in [0.1, 0.15) is 0 Å². The summed E-state index contributed by atoms with van der Waals surface area (Å²) in [5.41, 5.74) is 4.05. The highest BCUT2D eigenvalue weighted by Crippen LogP contribution is 2.31. The average molecular weight is 279 g/mol. The minimum Gasteiger partial charge on any atom is -0.256 e. The van der Waals surface area contributed by atoms with Crippen molar-refractivity contribution in [1.82, 2.24) is 4.98 Å². The summed E-state index contributed by atoms with van der Waals surface area (Å²) in [5.74, 6) is 0. The van der Waals surface area contributed by atoms with E-state index in [2.05, 4.69) is 4.98 Å². The molecule has 0 bridgehead atoms. The molecule has 0 unspecified atom stereocenters. The Hall–Kier alpha value is -2.41. The van der Waals surface area contributed by atoms with E-state index in [0.29, 0.717) is 11.3 Å². The molecule has 1 heterocycles. The molecule has 3 rings (SSSR count). The van der Waals surface area contributed by atoms with Crippen LogP contribution in [0, 0.1) is 20.6 Å². The monoisotopic (exact) mass is 279 g/mol. The van der Waals surface area contributed by atoms with Gasteiger partial charge in [0.25, 0.3) is 0 Å². The van der Waals surface area contributed by atoms with E-state index >= 15 is 0 Å². The van der Waals surface area contributed by atoms with Crippen LogP contribution in [-0.2, 0) is 0 Å². The number of rotatable bonds is 2. The van der Waals surface area contributed by atoms with Crippen molar-refractivity contribution in [1.29, 1.82) is 0 Å². The first-order valence-electron chi connectivity index (χ1n) is 9.75. The fraction of sp³-hybridized carbons (Fsp3) is 0.150. The Morgan fingerprint density at radius 1 is 0.857 bits per heavy atom. The SMILES string of the molecule is [2H]C([2H])([2H])c1ccc(-c2cc(-c3ccccc3)c(C([2H])([2H])[2H])cc2C)nc1. The van der Waals surface area contributed by atoms with Gasteiger partial charge in [-0.25, -0.2) is 0 Å². The quantitative estimate of drug-likeness (QED) is 0.617.